The molecule has 0 saturated carbocycles. The number of aromatic nitrogens is 3. The van der Waals surface area contributed by atoms with Gasteiger partial charge in [-0.05, 0) is 30.7 Å². The highest BCUT2D eigenvalue weighted by Gasteiger charge is 2.13. The molecule has 0 fully saturated rings. The lowest BCUT2D eigenvalue weighted by Crippen LogP contribution is -2.23. The van der Waals surface area contributed by atoms with Crippen molar-refractivity contribution in [3.63, 3.8) is 0 Å². The van der Waals surface area contributed by atoms with Gasteiger partial charge < -0.3 is 0 Å². The Morgan fingerprint density at radius 2 is 2.00 bits per heavy atom. The van der Waals surface area contributed by atoms with Crippen LogP contribution in [-0.2, 0) is 13.6 Å². The summed E-state index contributed by atoms with van der Waals surface area (Å²) in [7, 11) is 1.71. The molecule has 2 aromatic heterocycles. The molecule has 0 atom stereocenters. The number of fused-ring (bicyclic) bond motifs is 1. The third-order valence-electron chi connectivity index (χ3n) is 3.59. The van der Waals surface area contributed by atoms with Crippen LogP contribution in [0.25, 0.3) is 11.2 Å². The molecule has 0 amide bonds. The normalized spacial score (nSPS) is 10.7. The molecule has 0 radical (unpaired) electrons. The second-order valence-electron chi connectivity index (χ2n) is 4.99. The van der Waals surface area contributed by atoms with Gasteiger partial charge in [0.15, 0.2) is 5.65 Å². The number of imidazole rings is 1. The quantitative estimate of drug-likeness (QED) is 0.720. The minimum absolute atomic E-state index is 0.129. The summed E-state index contributed by atoms with van der Waals surface area (Å²) >= 11 is 0. The van der Waals surface area contributed by atoms with Crippen molar-refractivity contribution < 1.29 is 0 Å². The molecule has 21 heavy (non-hydrogen) atoms. The van der Waals surface area contributed by atoms with Gasteiger partial charge in [-0.25, -0.2) is 9.78 Å². The smallest absolute Gasteiger partial charge is 0.286 e. The standard InChI is InChI=1S/C16H14N4O/c1-11-7-8-14-15(18-11)19(2)16(21)20(14)10-13-6-4-3-5-12(13)9-17/h3-8H,10H2,1-2H3. The van der Waals surface area contributed by atoms with E-state index in [4.69, 9.17) is 5.26 Å². The van der Waals surface area contributed by atoms with Gasteiger partial charge in [0.05, 0.1) is 23.7 Å². The van der Waals surface area contributed by atoms with Crippen molar-refractivity contribution in [3.8, 4) is 6.07 Å². The lowest BCUT2D eigenvalue weighted by molar-refractivity contribution is 0.733. The minimum Gasteiger partial charge on any atom is -0.286 e. The Kier molecular flexibility index (Phi) is 3.07. The monoisotopic (exact) mass is 278 g/mol. The van der Waals surface area contributed by atoms with E-state index in [0.29, 0.717) is 17.8 Å². The molecule has 3 rings (SSSR count). The summed E-state index contributed by atoms with van der Waals surface area (Å²) in [4.78, 5) is 16.8. The number of nitrogens with zero attached hydrogens (tertiary/aromatic N) is 4. The highest BCUT2D eigenvalue weighted by molar-refractivity contribution is 5.72. The van der Waals surface area contributed by atoms with Crippen LogP contribution in [0.15, 0.2) is 41.2 Å². The number of nitriles is 1. The van der Waals surface area contributed by atoms with E-state index in [0.717, 1.165) is 16.8 Å². The first kappa shape index (κ1) is 13.1. The molecule has 104 valence electrons. The van der Waals surface area contributed by atoms with Crippen LogP contribution in [0.5, 0.6) is 0 Å². The Bertz CT molecular complexity index is 928. The Balaban J connectivity index is 2.20. The van der Waals surface area contributed by atoms with Crippen LogP contribution >= 0.6 is 0 Å². The Hall–Kier alpha value is -2.87. The molecule has 0 bridgehead atoms. The van der Waals surface area contributed by atoms with Crippen molar-refractivity contribution in [3.05, 3.63) is 63.7 Å². The predicted molar refractivity (Wildman–Crippen MR) is 80.0 cm³/mol. The molecule has 0 aliphatic rings. The first-order valence-electron chi connectivity index (χ1n) is 6.62. The third-order valence-corrected chi connectivity index (χ3v) is 3.59. The fourth-order valence-electron chi connectivity index (χ4n) is 2.46. The van der Waals surface area contributed by atoms with E-state index in [1.165, 1.54) is 4.57 Å². The number of pyridine rings is 1. The van der Waals surface area contributed by atoms with Crippen molar-refractivity contribution in [2.75, 3.05) is 0 Å². The van der Waals surface area contributed by atoms with E-state index < -0.39 is 0 Å². The van der Waals surface area contributed by atoms with E-state index in [2.05, 4.69) is 11.1 Å². The van der Waals surface area contributed by atoms with Gasteiger partial charge in [-0.2, -0.15) is 5.26 Å². The number of aryl methyl sites for hydroxylation is 2. The number of rotatable bonds is 2. The van der Waals surface area contributed by atoms with Crippen LogP contribution in [0, 0.1) is 18.3 Å². The molecule has 0 unspecified atom stereocenters. The maximum absolute atomic E-state index is 12.4. The summed E-state index contributed by atoms with van der Waals surface area (Å²) in [5.41, 5.74) is 3.59. The Morgan fingerprint density at radius 1 is 1.24 bits per heavy atom. The average Bonchev–Trinajstić information content (AvgIpc) is 2.73. The van der Waals surface area contributed by atoms with Gasteiger partial charge in [0.1, 0.15) is 0 Å². The molecule has 0 saturated heterocycles. The fourth-order valence-corrected chi connectivity index (χ4v) is 2.46. The maximum atomic E-state index is 12.4. The highest BCUT2D eigenvalue weighted by Crippen LogP contribution is 2.14. The zero-order chi connectivity index (χ0) is 15.0. The predicted octanol–water partition coefficient (Wildman–Crippen LogP) is 1.96. The molecule has 5 nitrogen and oxygen atoms in total. The van der Waals surface area contributed by atoms with Crippen LogP contribution in [0.1, 0.15) is 16.8 Å². The molecule has 5 heteroatoms. The molecular formula is C16H14N4O. The fraction of sp³-hybridized carbons (Fsp3) is 0.188. The number of benzene rings is 1. The van der Waals surface area contributed by atoms with Gasteiger partial charge in [-0.15, -0.1) is 0 Å². The zero-order valence-corrected chi connectivity index (χ0v) is 11.9. The first-order chi connectivity index (χ1) is 10.1. The number of hydrogen-bond donors (Lipinski definition) is 0. The van der Waals surface area contributed by atoms with E-state index >= 15 is 0 Å². The zero-order valence-electron chi connectivity index (χ0n) is 11.9. The van der Waals surface area contributed by atoms with Crippen LogP contribution in [0.4, 0.5) is 0 Å². The SMILES string of the molecule is Cc1ccc2c(n1)n(C)c(=O)n2Cc1ccccc1C#N. The summed E-state index contributed by atoms with van der Waals surface area (Å²) in [6, 6.07) is 13.3. The largest absolute Gasteiger partial charge is 0.330 e. The van der Waals surface area contributed by atoms with Gasteiger partial charge in [0, 0.05) is 12.7 Å². The summed E-state index contributed by atoms with van der Waals surface area (Å²) in [6.45, 7) is 2.26. The van der Waals surface area contributed by atoms with Crippen LogP contribution in [-0.4, -0.2) is 14.1 Å². The Labute approximate surface area is 121 Å². The summed E-state index contributed by atoms with van der Waals surface area (Å²) in [5.74, 6) is 0. The second-order valence-corrected chi connectivity index (χ2v) is 4.99. The summed E-state index contributed by atoms with van der Waals surface area (Å²) in [5, 5.41) is 9.17. The topological polar surface area (TPSA) is 63.6 Å². The van der Waals surface area contributed by atoms with Gasteiger partial charge in [0.2, 0.25) is 0 Å². The van der Waals surface area contributed by atoms with Gasteiger partial charge in [0.25, 0.3) is 0 Å². The van der Waals surface area contributed by atoms with Crippen LogP contribution < -0.4 is 5.69 Å². The van der Waals surface area contributed by atoms with E-state index in [-0.39, 0.29) is 5.69 Å². The minimum atomic E-state index is -0.129. The lowest BCUT2D eigenvalue weighted by atomic mass is 10.1. The van der Waals surface area contributed by atoms with E-state index in [1.54, 1.807) is 17.7 Å². The lowest BCUT2D eigenvalue weighted by Gasteiger charge is -2.05. The van der Waals surface area contributed by atoms with E-state index in [9.17, 15) is 4.79 Å². The first-order valence-corrected chi connectivity index (χ1v) is 6.62. The maximum Gasteiger partial charge on any atom is 0.330 e. The molecular weight excluding hydrogens is 264 g/mol. The molecule has 0 N–H and O–H groups in total. The molecule has 3 aromatic rings. The van der Waals surface area contributed by atoms with Crippen molar-refractivity contribution in [1.29, 1.82) is 5.26 Å². The van der Waals surface area contributed by atoms with Crippen molar-refractivity contribution >= 4 is 11.2 Å². The average molecular weight is 278 g/mol. The molecule has 2 heterocycles. The third kappa shape index (κ3) is 2.11. The van der Waals surface area contributed by atoms with Crippen LogP contribution in [0.3, 0.4) is 0 Å². The van der Waals surface area contributed by atoms with Crippen molar-refractivity contribution in [1.82, 2.24) is 14.1 Å². The summed E-state index contributed by atoms with van der Waals surface area (Å²) in [6.07, 6.45) is 0. The molecule has 0 aliphatic carbocycles. The molecule has 1 aromatic carbocycles. The summed E-state index contributed by atoms with van der Waals surface area (Å²) < 4.78 is 3.19. The van der Waals surface area contributed by atoms with E-state index in [1.807, 2.05) is 37.3 Å². The Morgan fingerprint density at radius 3 is 2.76 bits per heavy atom. The van der Waals surface area contributed by atoms with Crippen molar-refractivity contribution in [2.45, 2.75) is 13.5 Å². The van der Waals surface area contributed by atoms with Crippen LogP contribution in [0.2, 0.25) is 0 Å². The molecule has 0 aliphatic heterocycles. The van der Waals surface area contributed by atoms with Gasteiger partial charge in [-0.1, -0.05) is 18.2 Å². The number of hydrogen-bond acceptors (Lipinski definition) is 3. The van der Waals surface area contributed by atoms with Gasteiger partial charge in [-0.3, -0.25) is 9.13 Å². The van der Waals surface area contributed by atoms with Gasteiger partial charge >= 0.3 is 5.69 Å². The van der Waals surface area contributed by atoms with Crippen molar-refractivity contribution in [2.24, 2.45) is 7.05 Å². The molecule has 0 spiro atoms. The second kappa shape index (κ2) is 4.91. The highest BCUT2D eigenvalue weighted by atomic mass is 16.1.